The fourth-order valence-electron chi connectivity index (χ4n) is 3.33. The maximum absolute atomic E-state index is 12.8. The number of hydrogen-bond donors (Lipinski definition) is 2. The van der Waals surface area contributed by atoms with Gasteiger partial charge in [-0.3, -0.25) is 4.79 Å². The first-order valence-corrected chi connectivity index (χ1v) is 12.1. The number of ether oxygens (including phenoxy) is 1. The van der Waals surface area contributed by atoms with Gasteiger partial charge in [-0.1, -0.05) is 33.6 Å². The van der Waals surface area contributed by atoms with Gasteiger partial charge in [-0.15, -0.1) is 0 Å². The van der Waals surface area contributed by atoms with Gasteiger partial charge < -0.3 is 9.64 Å². The smallest absolute Gasteiger partial charge is 0.295 e. The lowest BCUT2D eigenvalue weighted by molar-refractivity contribution is -0.895. The van der Waals surface area contributed by atoms with Crippen molar-refractivity contribution in [1.82, 2.24) is 9.73 Å². The van der Waals surface area contributed by atoms with Crippen LogP contribution in [0, 0.1) is 6.92 Å². The molecule has 8 nitrogen and oxygen atoms in total. The minimum atomic E-state index is -3.51. The molecule has 0 radical (unpaired) electrons. The van der Waals surface area contributed by atoms with E-state index >= 15 is 0 Å². The molecule has 0 bridgehead atoms. The van der Waals surface area contributed by atoms with Gasteiger partial charge in [-0.2, -0.15) is 9.41 Å². The Bertz CT molecular complexity index is 1050. The second kappa shape index (κ2) is 10.4. The van der Waals surface area contributed by atoms with Crippen molar-refractivity contribution in [2.45, 2.75) is 11.8 Å². The summed E-state index contributed by atoms with van der Waals surface area (Å²) in [7, 11) is -1.93. The molecule has 1 aliphatic rings. The van der Waals surface area contributed by atoms with Crippen LogP contribution in [0.15, 0.2) is 56.9 Å². The molecule has 1 heterocycles. The molecule has 0 unspecified atom stereocenters. The average Bonchev–Trinajstić information content (AvgIpc) is 2.74. The Balaban J connectivity index is 1.50. The highest BCUT2D eigenvalue weighted by Crippen LogP contribution is 2.21. The lowest BCUT2D eigenvalue weighted by atomic mass is 10.2. The lowest BCUT2D eigenvalue weighted by Gasteiger charge is -2.31. The van der Waals surface area contributed by atoms with Gasteiger partial charge in [-0.25, -0.2) is 13.8 Å². The van der Waals surface area contributed by atoms with Crippen molar-refractivity contribution in [2.75, 3.05) is 39.8 Å². The van der Waals surface area contributed by atoms with Crippen LogP contribution in [0.3, 0.4) is 0 Å². The van der Waals surface area contributed by atoms with Crippen molar-refractivity contribution in [3.05, 3.63) is 58.1 Å². The normalized spacial score (nSPS) is 15.8. The predicted octanol–water partition coefficient (Wildman–Crippen LogP) is 0.806. The largest absolute Gasteiger partial charge is 0.496 e. The van der Waals surface area contributed by atoms with Gasteiger partial charge in [0.1, 0.15) is 5.75 Å². The molecule has 1 fully saturated rings. The molecule has 1 amide bonds. The predicted molar refractivity (Wildman–Crippen MR) is 122 cm³/mol. The van der Waals surface area contributed by atoms with Crippen molar-refractivity contribution in [1.29, 1.82) is 0 Å². The summed E-state index contributed by atoms with van der Waals surface area (Å²) in [6, 6.07) is 12.4. The Morgan fingerprint density at radius 2 is 1.90 bits per heavy atom. The fourth-order valence-corrected chi connectivity index (χ4v) is 5.15. The molecule has 1 saturated heterocycles. The van der Waals surface area contributed by atoms with E-state index in [1.165, 1.54) is 10.5 Å². The minimum Gasteiger partial charge on any atom is -0.496 e. The number of quaternary nitrogens is 1. The first kappa shape index (κ1) is 23.4. The van der Waals surface area contributed by atoms with E-state index in [1.807, 2.05) is 25.1 Å². The molecule has 0 aromatic heterocycles. The van der Waals surface area contributed by atoms with E-state index in [-0.39, 0.29) is 12.5 Å². The maximum Gasteiger partial charge on any atom is 0.295 e. The summed E-state index contributed by atoms with van der Waals surface area (Å²) in [5, 5.41) is 4.01. The van der Waals surface area contributed by atoms with Crippen LogP contribution < -0.4 is 15.1 Å². The number of carbonyl (C=O) groups excluding carboxylic acids is 1. The van der Waals surface area contributed by atoms with Crippen molar-refractivity contribution in [3.63, 3.8) is 0 Å². The molecule has 0 aliphatic carbocycles. The highest BCUT2D eigenvalue weighted by molar-refractivity contribution is 9.10. The third-order valence-electron chi connectivity index (χ3n) is 5.08. The topological polar surface area (TPSA) is 92.5 Å². The molecule has 31 heavy (non-hydrogen) atoms. The second-order valence-corrected chi connectivity index (χ2v) is 10.2. The van der Waals surface area contributed by atoms with E-state index < -0.39 is 10.0 Å². The zero-order valence-corrected chi connectivity index (χ0v) is 19.9. The summed E-state index contributed by atoms with van der Waals surface area (Å²) in [6.07, 6.45) is 1.53. The number of halogens is 1. The van der Waals surface area contributed by atoms with Crippen LogP contribution in [0.25, 0.3) is 0 Å². The molecule has 0 atom stereocenters. The van der Waals surface area contributed by atoms with Crippen molar-refractivity contribution in [3.8, 4) is 5.75 Å². The van der Waals surface area contributed by atoms with Gasteiger partial charge in [0.2, 0.25) is 10.0 Å². The highest BCUT2D eigenvalue weighted by Gasteiger charge is 2.31. The van der Waals surface area contributed by atoms with Gasteiger partial charge in [0.15, 0.2) is 6.54 Å². The number of hydrogen-bond acceptors (Lipinski definition) is 5. The first-order valence-electron chi connectivity index (χ1n) is 9.85. The molecule has 166 valence electrons. The molecule has 0 saturated carbocycles. The summed E-state index contributed by atoms with van der Waals surface area (Å²) < 4.78 is 33.2. The summed E-state index contributed by atoms with van der Waals surface area (Å²) in [5.74, 6) is 0.424. The Morgan fingerprint density at radius 1 is 1.23 bits per heavy atom. The number of nitrogens with one attached hydrogen (secondary N) is 2. The Hall–Kier alpha value is -2.27. The van der Waals surface area contributed by atoms with E-state index in [9.17, 15) is 13.2 Å². The third kappa shape index (κ3) is 6.13. The van der Waals surface area contributed by atoms with Gasteiger partial charge in [0, 0.05) is 10.0 Å². The second-order valence-electron chi connectivity index (χ2n) is 7.32. The van der Waals surface area contributed by atoms with Crippen LogP contribution in [0.4, 0.5) is 0 Å². The van der Waals surface area contributed by atoms with Gasteiger partial charge in [0.25, 0.3) is 5.91 Å². The Labute approximate surface area is 191 Å². The van der Waals surface area contributed by atoms with Crippen molar-refractivity contribution >= 4 is 38.1 Å². The fraction of sp³-hybridized carbons (Fsp3) is 0.333. The molecule has 2 N–H and O–H groups in total. The van der Waals surface area contributed by atoms with Crippen LogP contribution in [-0.4, -0.2) is 64.7 Å². The molecule has 1 aliphatic heterocycles. The van der Waals surface area contributed by atoms with Crippen LogP contribution in [0.5, 0.6) is 5.75 Å². The molecule has 2 aromatic rings. The van der Waals surface area contributed by atoms with E-state index in [4.69, 9.17) is 4.74 Å². The van der Waals surface area contributed by atoms with Crippen LogP contribution in [-0.2, 0) is 14.8 Å². The number of hydrazone groups is 1. The minimum absolute atomic E-state index is 0.227. The van der Waals surface area contributed by atoms with Crippen molar-refractivity contribution in [2.24, 2.45) is 5.10 Å². The standard InChI is InChI=1S/C21H25BrN4O4S/c1-16-3-6-19(7-4-16)31(28,29)26-11-9-25(10-12-26)15-21(27)24-23-14-17-13-18(22)5-8-20(17)30-2/h3-8,13-14H,9-12,15H2,1-2H3,(H,24,27)/p+1/b23-14+. The zero-order chi connectivity index (χ0) is 22.4. The summed E-state index contributed by atoms with van der Waals surface area (Å²) in [4.78, 5) is 13.6. The van der Waals surface area contributed by atoms with E-state index in [0.717, 1.165) is 20.5 Å². The van der Waals surface area contributed by atoms with Crippen LogP contribution >= 0.6 is 15.9 Å². The number of methoxy groups -OCH3 is 1. The number of amides is 1. The summed E-state index contributed by atoms with van der Waals surface area (Å²) in [6.45, 7) is 4.01. The van der Waals surface area contributed by atoms with Crippen molar-refractivity contribution < 1.29 is 22.8 Å². The lowest BCUT2D eigenvalue weighted by Crippen LogP contribution is -3.15. The van der Waals surface area contributed by atoms with Gasteiger partial charge in [-0.05, 0) is 37.3 Å². The molecular weight excluding hydrogens is 484 g/mol. The number of sulfonamides is 1. The average molecular weight is 510 g/mol. The number of carbonyl (C=O) groups is 1. The monoisotopic (exact) mass is 509 g/mol. The maximum atomic E-state index is 12.8. The van der Waals surface area contributed by atoms with E-state index in [1.54, 1.807) is 31.4 Å². The summed E-state index contributed by atoms with van der Waals surface area (Å²) >= 11 is 3.39. The molecule has 10 heteroatoms. The summed E-state index contributed by atoms with van der Waals surface area (Å²) in [5.41, 5.74) is 4.28. The van der Waals surface area contributed by atoms with E-state index in [0.29, 0.717) is 36.8 Å². The first-order chi connectivity index (χ1) is 14.8. The molecule has 2 aromatic carbocycles. The van der Waals surface area contributed by atoms with Gasteiger partial charge in [0.05, 0.1) is 44.4 Å². The number of nitrogens with zero attached hydrogens (tertiary/aromatic N) is 2. The van der Waals surface area contributed by atoms with E-state index in [2.05, 4.69) is 26.5 Å². The molecular formula is C21H26BrN4O4S+. The Morgan fingerprint density at radius 3 is 2.55 bits per heavy atom. The van der Waals surface area contributed by atoms with Crippen LogP contribution in [0.1, 0.15) is 11.1 Å². The number of benzene rings is 2. The highest BCUT2D eigenvalue weighted by atomic mass is 79.9. The number of rotatable bonds is 7. The SMILES string of the molecule is COc1ccc(Br)cc1/C=N/NC(=O)C[NH+]1CCN(S(=O)(=O)c2ccc(C)cc2)CC1. The Kier molecular flexibility index (Phi) is 7.82. The zero-order valence-electron chi connectivity index (χ0n) is 17.5. The van der Waals surface area contributed by atoms with Crippen LogP contribution in [0.2, 0.25) is 0 Å². The quantitative estimate of drug-likeness (QED) is 0.426. The molecule has 3 rings (SSSR count). The third-order valence-corrected chi connectivity index (χ3v) is 7.49. The van der Waals surface area contributed by atoms with Gasteiger partial charge >= 0.3 is 0 Å². The number of piperazine rings is 1. The molecule has 0 spiro atoms. The number of aryl methyl sites for hydroxylation is 1.